The number of amides is 1. The Labute approximate surface area is 125 Å². The maximum atomic E-state index is 12.5. The van der Waals surface area contributed by atoms with Crippen LogP contribution in [0.4, 0.5) is 0 Å². The normalized spacial score (nSPS) is 27.9. The molecule has 0 bridgehead atoms. The first-order chi connectivity index (χ1) is 9.72. The van der Waals surface area contributed by atoms with Crippen molar-refractivity contribution in [2.75, 3.05) is 6.54 Å². The molecule has 1 aromatic carbocycles. The molecule has 0 aliphatic heterocycles. The average Bonchev–Trinajstić information content (AvgIpc) is 3.29. The van der Waals surface area contributed by atoms with Crippen LogP contribution in [0.25, 0.3) is 0 Å². The number of nitrogens with one attached hydrogen (secondary N) is 1. The molecular formula is C17H22ClNO. The minimum absolute atomic E-state index is 0.193. The highest BCUT2D eigenvalue weighted by atomic mass is 35.5. The summed E-state index contributed by atoms with van der Waals surface area (Å²) in [4.78, 5) is 12.5. The van der Waals surface area contributed by atoms with Crippen molar-refractivity contribution in [3.63, 3.8) is 0 Å². The lowest BCUT2D eigenvalue weighted by molar-refractivity contribution is -0.123. The smallest absolute Gasteiger partial charge is 0.230 e. The van der Waals surface area contributed by atoms with Crippen molar-refractivity contribution in [2.45, 2.75) is 49.3 Å². The highest BCUT2D eigenvalue weighted by Crippen LogP contribution is 2.48. The van der Waals surface area contributed by atoms with Crippen molar-refractivity contribution in [3.8, 4) is 0 Å². The lowest BCUT2D eigenvalue weighted by Gasteiger charge is -2.28. The quantitative estimate of drug-likeness (QED) is 0.843. The second kappa shape index (κ2) is 5.77. The van der Waals surface area contributed by atoms with Crippen LogP contribution in [0.15, 0.2) is 30.3 Å². The molecule has 2 saturated carbocycles. The first kappa shape index (κ1) is 13.9. The maximum Gasteiger partial charge on any atom is 0.230 e. The van der Waals surface area contributed by atoms with Gasteiger partial charge in [0.05, 0.1) is 5.41 Å². The van der Waals surface area contributed by atoms with Gasteiger partial charge >= 0.3 is 0 Å². The summed E-state index contributed by atoms with van der Waals surface area (Å²) >= 11 is 6.36. The molecule has 0 spiro atoms. The SMILES string of the molecule is O=C(NCC1CCCCC1Cl)C1(c2ccccc2)CC1. The maximum absolute atomic E-state index is 12.5. The van der Waals surface area contributed by atoms with E-state index >= 15 is 0 Å². The lowest BCUT2D eigenvalue weighted by Crippen LogP contribution is -2.40. The molecular weight excluding hydrogens is 270 g/mol. The molecule has 2 atom stereocenters. The van der Waals surface area contributed by atoms with Crippen molar-refractivity contribution >= 4 is 17.5 Å². The van der Waals surface area contributed by atoms with Crippen LogP contribution in [-0.4, -0.2) is 17.8 Å². The van der Waals surface area contributed by atoms with Crippen molar-refractivity contribution in [1.82, 2.24) is 5.32 Å². The first-order valence-corrected chi connectivity index (χ1v) is 8.14. The second-order valence-corrected chi connectivity index (χ2v) is 6.78. The van der Waals surface area contributed by atoms with Gasteiger partial charge in [0.2, 0.25) is 5.91 Å². The molecule has 2 aliphatic carbocycles. The number of carbonyl (C=O) groups excluding carboxylic acids is 1. The summed E-state index contributed by atoms with van der Waals surface area (Å²) in [6, 6.07) is 10.2. The van der Waals surface area contributed by atoms with Gasteiger partial charge in [-0.05, 0) is 37.2 Å². The molecule has 0 radical (unpaired) electrons. The van der Waals surface area contributed by atoms with Gasteiger partial charge in [-0.1, -0.05) is 43.2 Å². The Bertz CT molecular complexity index is 469. The first-order valence-electron chi connectivity index (χ1n) is 7.70. The van der Waals surface area contributed by atoms with Crippen LogP contribution in [0.3, 0.4) is 0 Å². The fourth-order valence-corrected chi connectivity index (χ4v) is 3.68. The number of rotatable bonds is 4. The fourth-order valence-electron chi connectivity index (χ4n) is 3.31. The Balaban J connectivity index is 1.59. The van der Waals surface area contributed by atoms with Gasteiger partial charge in [0.1, 0.15) is 0 Å². The fraction of sp³-hybridized carbons (Fsp3) is 0.588. The molecule has 2 aliphatic rings. The molecule has 0 saturated heterocycles. The third-order valence-electron chi connectivity index (χ3n) is 4.85. The van der Waals surface area contributed by atoms with E-state index in [-0.39, 0.29) is 16.7 Å². The molecule has 2 unspecified atom stereocenters. The summed E-state index contributed by atoms with van der Waals surface area (Å²) in [5.41, 5.74) is 0.904. The van der Waals surface area contributed by atoms with Gasteiger partial charge in [0.15, 0.2) is 0 Å². The van der Waals surface area contributed by atoms with E-state index in [1.807, 2.05) is 18.2 Å². The van der Waals surface area contributed by atoms with Crippen molar-refractivity contribution < 1.29 is 4.79 Å². The molecule has 0 aromatic heterocycles. The zero-order valence-corrected chi connectivity index (χ0v) is 12.5. The van der Waals surface area contributed by atoms with E-state index in [2.05, 4.69) is 17.4 Å². The van der Waals surface area contributed by atoms with E-state index in [1.165, 1.54) is 12.8 Å². The predicted molar refractivity (Wildman–Crippen MR) is 82.0 cm³/mol. The van der Waals surface area contributed by atoms with Crippen molar-refractivity contribution in [3.05, 3.63) is 35.9 Å². The zero-order chi connectivity index (χ0) is 14.0. The molecule has 2 fully saturated rings. The molecule has 1 N–H and O–H groups in total. The number of hydrogen-bond acceptors (Lipinski definition) is 1. The number of benzene rings is 1. The number of halogens is 1. The third kappa shape index (κ3) is 2.71. The highest BCUT2D eigenvalue weighted by Gasteiger charge is 2.51. The van der Waals surface area contributed by atoms with Gasteiger partial charge in [-0.3, -0.25) is 4.79 Å². The largest absolute Gasteiger partial charge is 0.355 e. The molecule has 108 valence electrons. The van der Waals surface area contributed by atoms with E-state index in [0.717, 1.165) is 37.8 Å². The summed E-state index contributed by atoms with van der Waals surface area (Å²) in [5, 5.41) is 3.39. The number of hydrogen-bond donors (Lipinski definition) is 1. The van der Waals surface area contributed by atoms with E-state index in [1.54, 1.807) is 0 Å². The van der Waals surface area contributed by atoms with Gasteiger partial charge in [0, 0.05) is 11.9 Å². The standard InChI is InChI=1S/C17H22ClNO/c18-15-9-5-4-6-13(15)12-19-16(20)17(10-11-17)14-7-2-1-3-8-14/h1-3,7-8,13,15H,4-6,9-12H2,(H,19,20). The molecule has 1 aromatic rings. The molecule has 3 rings (SSSR count). The van der Waals surface area contributed by atoms with Crippen LogP contribution in [0.5, 0.6) is 0 Å². The van der Waals surface area contributed by atoms with E-state index in [9.17, 15) is 4.79 Å². The molecule has 20 heavy (non-hydrogen) atoms. The van der Waals surface area contributed by atoms with Gasteiger partial charge in [0.25, 0.3) is 0 Å². The van der Waals surface area contributed by atoms with Crippen LogP contribution < -0.4 is 5.32 Å². The Hall–Kier alpha value is -1.02. The zero-order valence-electron chi connectivity index (χ0n) is 11.8. The Kier molecular flexibility index (Phi) is 4.02. The molecule has 1 amide bonds. The minimum atomic E-state index is -0.252. The lowest BCUT2D eigenvalue weighted by atomic mass is 9.88. The van der Waals surface area contributed by atoms with Crippen LogP contribution >= 0.6 is 11.6 Å². The summed E-state index contributed by atoms with van der Waals surface area (Å²) in [6.45, 7) is 0.738. The average molecular weight is 292 g/mol. The number of carbonyl (C=O) groups is 1. The van der Waals surface area contributed by atoms with Crippen molar-refractivity contribution in [1.29, 1.82) is 0 Å². The van der Waals surface area contributed by atoms with Crippen LogP contribution in [0, 0.1) is 5.92 Å². The van der Waals surface area contributed by atoms with Gasteiger partial charge in [-0.2, -0.15) is 0 Å². The molecule has 3 heteroatoms. The predicted octanol–water partition coefficient (Wildman–Crippen LogP) is 3.63. The van der Waals surface area contributed by atoms with E-state index in [0.29, 0.717) is 5.92 Å². The van der Waals surface area contributed by atoms with Crippen molar-refractivity contribution in [2.24, 2.45) is 5.92 Å². The Morgan fingerprint density at radius 3 is 2.55 bits per heavy atom. The highest BCUT2D eigenvalue weighted by molar-refractivity contribution is 6.20. The van der Waals surface area contributed by atoms with Crippen LogP contribution in [-0.2, 0) is 10.2 Å². The summed E-state index contributed by atoms with van der Waals surface area (Å²) in [5.74, 6) is 0.638. The third-order valence-corrected chi connectivity index (χ3v) is 5.43. The van der Waals surface area contributed by atoms with Crippen LogP contribution in [0.1, 0.15) is 44.1 Å². The Morgan fingerprint density at radius 2 is 1.90 bits per heavy atom. The topological polar surface area (TPSA) is 29.1 Å². The van der Waals surface area contributed by atoms with E-state index < -0.39 is 0 Å². The molecule has 0 heterocycles. The van der Waals surface area contributed by atoms with Gasteiger partial charge < -0.3 is 5.32 Å². The summed E-state index contributed by atoms with van der Waals surface area (Å²) in [6.07, 6.45) is 6.65. The summed E-state index contributed by atoms with van der Waals surface area (Å²) in [7, 11) is 0. The van der Waals surface area contributed by atoms with Gasteiger partial charge in [-0.25, -0.2) is 0 Å². The van der Waals surface area contributed by atoms with Crippen LogP contribution in [0.2, 0.25) is 0 Å². The number of alkyl halides is 1. The Morgan fingerprint density at radius 1 is 1.20 bits per heavy atom. The van der Waals surface area contributed by atoms with Gasteiger partial charge in [-0.15, -0.1) is 11.6 Å². The minimum Gasteiger partial charge on any atom is -0.355 e. The second-order valence-electron chi connectivity index (χ2n) is 6.22. The monoisotopic (exact) mass is 291 g/mol. The summed E-state index contributed by atoms with van der Waals surface area (Å²) < 4.78 is 0. The van der Waals surface area contributed by atoms with E-state index in [4.69, 9.17) is 11.6 Å². The molecule has 2 nitrogen and oxygen atoms in total.